The van der Waals surface area contributed by atoms with Crippen molar-refractivity contribution in [2.24, 2.45) is 0 Å². The Hall–Kier alpha value is -2.31. The van der Waals surface area contributed by atoms with Crippen molar-refractivity contribution in [3.8, 4) is 10.6 Å². The Kier molecular flexibility index (Phi) is 3.78. The van der Waals surface area contributed by atoms with Gasteiger partial charge < -0.3 is 0 Å². The third kappa shape index (κ3) is 2.57. The second kappa shape index (κ2) is 5.96. The molecule has 1 aromatic carbocycles. The first-order valence-electron chi connectivity index (χ1n) is 7.58. The van der Waals surface area contributed by atoms with Gasteiger partial charge in [-0.15, -0.1) is 22.7 Å². The summed E-state index contributed by atoms with van der Waals surface area (Å²) in [7, 11) is 0. The lowest BCUT2D eigenvalue weighted by Crippen LogP contribution is -2.21. The summed E-state index contributed by atoms with van der Waals surface area (Å²) in [6.07, 6.45) is 1.63. The molecule has 0 spiro atoms. The Morgan fingerprint density at radius 2 is 1.96 bits per heavy atom. The number of hydrogen-bond donors (Lipinski definition) is 0. The lowest BCUT2D eigenvalue weighted by atomic mass is 10.2. The number of aryl methyl sites for hydroxylation is 2. The number of hydrogen-bond acceptors (Lipinski definition) is 5. The third-order valence-corrected chi connectivity index (χ3v) is 6.12. The molecule has 120 valence electrons. The van der Waals surface area contributed by atoms with Crippen molar-refractivity contribution in [1.29, 1.82) is 0 Å². The van der Waals surface area contributed by atoms with E-state index in [1.807, 2.05) is 49.6 Å². The van der Waals surface area contributed by atoms with E-state index in [4.69, 9.17) is 0 Å². The number of nitrogens with zero attached hydrogens (tertiary/aromatic N) is 3. The molecule has 0 aliphatic heterocycles. The smallest absolute Gasteiger partial charge is 0.262 e. The molecule has 3 aromatic heterocycles. The predicted octanol–water partition coefficient (Wildman–Crippen LogP) is 4.25. The number of thiophene rings is 1. The second-order valence-corrected chi connectivity index (χ2v) is 7.71. The molecule has 0 saturated carbocycles. The summed E-state index contributed by atoms with van der Waals surface area (Å²) < 4.78 is 1.64. The topological polar surface area (TPSA) is 47.8 Å². The minimum atomic E-state index is 0.0103. The van der Waals surface area contributed by atoms with Gasteiger partial charge in [-0.05, 0) is 19.4 Å². The highest BCUT2D eigenvalue weighted by Crippen LogP contribution is 2.26. The molecule has 4 aromatic rings. The molecule has 0 unspecified atom stereocenters. The van der Waals surface area contributed by atoms with E-state index in [2.05, 4.69) is 9.97 Å². The van der Waals surface area contributed by atoms with Gasteiger partial charge in [0.1, 0.15) is 9.84 Å². The summed E-state index contributed by atoms with van der Waals surface area (Å²) in [6.45, 7) is 4.45. The zero-order valence-corrected chi connectivity index (χ0v) is 14.9. The van der Waals surface area contributed by atoms with E-state index in [-0.39, 0.29) is 5.56 Å². The largest absolute Gasteiger partial charge is 0.293 e. The number of rotatable bonds is 3. The van der Waals surface area contributed by atoms with Gasteiger partial charge in [0, 0.05) is 15.8 Å². The third-order valence-electron chi connectivity index (χ3n) is 4.06. The Bertz CT molecular complexity index is 1080. The summed E-state index contributed by atoms with van der Waals surface area (Å²) in [5.41, 5.74) is 3.02. The van der Waals surface area contributed by atoms with Gasteiger partial charge >= 0.3 is 0 Å². The fourth-order valence-corrected chi connectivity index (χ4v) is 4.45. The van der Waals surface area contributed by atoms with Crippen molar-refractivity contribution in [3.05, 3.63) is 68.5 Å². The van der Waals surface area contributed by atoms with E-state index in [1.54, 1.807) is 33.6 Å². The maximum absolute atomic E-state index is 12.7. The Morgan fingerprint density at radius 1 is 1.17 bits per heavy atom. The fourth-order valence-electron chi connectivity index (χ4n) is 2.65. The molecular weight excluding hydrogens is 338 g/mol. The molecule has 0 saturated heterocycles. The van der Waals surface area contributed by atoms with E-state index >= 15 is 0 Å². The van der Waals surface area contributed by atoms with Gasteiger partial charge in [0.2, 0.25) is 0 Å². The van der Waals surface area contributed by atoms with Gasteiger partial charge in [0.15, 0.2) is 0 Å². The second-order valence-electron chi connectivity index (χ2n) is 5.65. The number of aromatic nitrogens is 3. The van der Waals surface area contributed by atoms with Gasteiger partial charge in [-0.25, -0.2) is 9.97 Å². The van der Waals surface area contributed by atoms with Crippen LogP contribution in [0.2, 0.25) is 0 Å². The summed E-state index contributed by atoms with van der Waals surface area (Å²) in [6, 6.07) is 10.1. The van der Waals surface area contributed by atoms with Crippen molar-refractivity contribution in [1.82, 2.24) is 14.5 Å². The van der Waals surface area contributed by atoms with Crippen LogP contribution in [0.25, 0.3) is 20.8 Å². The van der Waals surface area contributed by atoms with Crippen molar-refractivity contribution >= 4 is 32.9 Å². The van der Waals surface area contributed by atoms with E-state index < -0.39 is 0 Å². The normalized spacial score (nSPS) is 11.2. The molecule has 4 nitrogen and oxygen atoms in total. The molecule has 0 amide bonds. The van der Waals surface area contributed by atoms with Crippen molar-refractivity contribution in [2.75, 3.05) is 0 Å². The maximum atomic E-state index is 12.7. The number of fused-ring (bicyclic) bond motifs is 1. The lowest BCUT2D eigenvalue weighted by Gasteiger charge is -2.03. The molecule has 24 heavy (non-hydrogen) atoms. The molecule has 0 atom stereocenters. The highest BCUT2D eigenvalue weighted by molar-refractivity contribution is 7.18. The number of thiazole rings is 1. The van der Waals surface area contributed by atoms with Gasteiger partial charge in [0.25, 0.3) is 5.56 Å². The first-order valence-corrected chi connectivity index (χ1v) is 9.28. The molecular formula is C18H15N3OS2. The molecule has 0 bridgehead atoms. The van der Waals surface area contributed by atoms with Crippen LogP contribution in [-0.2, 0) is 6.54 Å². The van der Waals surface area contributed by atoms with Crippen LogP contribution in [0.4, 0.5) is 0 Å². The minimum absolute atomic E-state index is 0.0103. The van der Waals surface area contributed by atoms with Crippen molar-refractivity contribution in [2.45, 2.75) is 20.4 Å². The highest BCUT2D eigenvalue weighted by atomic mass is 32.1. The van der Waals surface area contributed by atoms with Crippen molar-refractivity contribution in [3.63, 3.8) is 0 Å². The van der Waals surface area contributed by atoms with Crippen LogP contribution < -0.4 is 5.56 Å². The predicted molar refractivity (Wildman–Crippen MR) is 100 cm³/mol. The van der Waals surface area contributed by atoms with Crippen LogP contribution in [-0.4, -0.2) is 14.5 Å². The lowest BCUT2D eigenvalue weighted by molar-refractivity contribution is 0.735. The van der Waals surface area contributed by atoms with Crippen LogP contribution in [0.5, 0.6) is 0 Å². The van der Waals surface area contributed by atoms with Gasteiger partial charge in [-0.3, -0.25) is 9.36 Å². The van der Waals surface area contributed by atoms with Crippen molar-refractivity contribution < 1.29 is 0 Å². The zero-order valence-electron chi connectivity index (χ0n) is 13.3. The summed E-state index contributed by atoms with van der Waals surface area (Å²) >= 11 is 3.17. The highest BCUT2D eigenvalue weighted by Gasteiger charge is 2.13. The molecule has 0 fully saturated rings. The quantitative estimate of drug-likeness (QED) is 0.553. The Labute approximate surface area is 147 Å². The van der Waals surface area contributed by atoms with Gasteiger partial charge in [0.05, 0.1) is 24.0 Å². The summed E-state index contributed by atoms with van der Waals surface area (Å²) in [5.74, 6) is 0. The van der Waals surface area contributed by atoms with E-state index in [0.717, 1.165) is 36.9 Å². The van der Waals surface area contributed by atoms with Gasteiger partial charge in [-0.2, -0.15) is 0 Å². The first-order chi connectivity index (χ1) is 11.6. The van der Waals surface area contributed by atoms with E-state index in [0.29, 0.717) is 6.54 Å². The van der Waals surface area contributed by atoms with Crippen LogP contribution >= 0.6 is 22.7 Å². The first kappa shape index (κ1) is 15.2. The van der Waals surface area contributed by atoms with Gasteiger partial charge in [-0.1, -0.05) is 30.3 Å². The molecule has 4 rings (SSSR count). The molecule has 0 radical (unpaired) electrons. The molecule has 0 aliphatic rings. The van der Waals surface area contributed by atoms with Crippen LogP contribution in [0, 0.1) is 13.8 Å². The maximum Gasteiger partial charge on any atom is 0.262 e. The Balaban J connectivity index is 1.70. The van der Waals surface area contributed by atoms with E-state index in [1.165, 1.54) is 0 Å². The molecule has 0 aliphatic carbocycles. The summed E-state index contributed by atoms with van der Waals surface area (Å²) in [4.78, 5) is 23.8. The Morgan fingerprint density at radius 3 is 2.75 bits per heavy atom. The van der Waals surface area contributed by atoms with Crippen LogP contribution in [0.3, 0.4) is 0 Å². The SMILES string of the molecule is Cc1sc2ncn(Cc3csc(-c4ccccc4)n3)c(=O)c2c1C. The zero-order chi connectivity index (χ0) is 16.7. The molecule has 6 heteroatoms. The van der Waals surface area contributed by atoms with Crippen LogP contribution in [0.15, 0.2) is 46.8 Å². The molecule has 3 heterocycles. The van der Waals surface area contributed by atoms with Crippen LogP contribution in [0.1, 0.15) is 16.1 Å². The molecule has 0 N–H and O–H groups in total. The number of benzene rings is 1. The minimum Gasteiger partial charge on any atom is -0.293 e. The summed E-state index contributed by atoms with van der Waals surface area (Å²) in [5, 5.41) is 3.71. The average molecular weight is 353 g/mol. The standard InChI is InChI=1S/C18H15N3OS2/c1-11-12(2)24-17-15(11)18(22)21(10-19-17)8-14-9-23-16(20-14)13-6-4-3-5-7-13/h3-7,9-10H,8H2,1-2H3. The van der Waals surface area contributed by atoms with E-state index in [9.17, 15) is 4.79 Å². The monoisotopic (exact) mass is 353 g/mol. The fraction of sp³-hybridized carbons (Fsp3) is 0.167. The average Bonchev–Trinajstić information content (AvgIpc) is 3.17.